The van der Waals surface area contributed by atoms with Crippen LogP contribution >= 0.6 is 11.6 Å². The van der Waals surface area contributed by atoms with E-state index in [1.165, 1.54) is 18.9 Å². The van der Waals surface area contributed by atoms with E-state index in [0.717, 1.165) is 24.2 Å². The number of rotatable bonds is 3. The van der Waals surface area contributed by atoms with Gasteiger partial charge < -0.3 is 0 Å². The predicted octanol–water partition coefficient (Wildman–Crippen LogP) is 3.08. The van der Waals surface area contributed by atoms with E-state index in [-0.39, 0.29) is 11.8 Å². The molecule has 0 atom stereocenters. The van der Waals surface area contributed by atoms with Crippen molar-refractivity contribution in [2.45, 2.75) is 32.7 Å². The van der Waals surface area contributed by atoms with Gasteiger partial charge in [0.05, 0.1) is 6.20 Å². The number of fused-ring (bicyclic) bond motifs is 1. The first-order valence-electron chi connectivity index (χ1n) is 6.17. The summed E-state index contributed by atoms with van der Waals surface area (Å²) in [5.74, 6) is -0.330. The molecule has 96 valence electrons. The number of hydrogen-bond donors (Lipinski definition) is 0. The molecule has 1 fully saturated rings. The zero-order chi connectivity index (χ0) is 12.8. The van der Waals surface area contributed by atoms with Gasteiger partial charge in [0.15, 0.2) is 0 Å². The molecule has 1 aliphatic carbocycles. The molecule has 3 nitrogen and oxygen atoms in total. The van der Waals surface area contributed by atoms with Crippen molar-refractivity contribution in [3.63, 3.8) is 0 Å². The normalized spacial score (nSPS) is 21.5. The maximum atomic E-state index is 13.9. The second-order valence-electron chi connectivity index (χ2n) is 5.10. The lowest BCUT2D eigenvalue weighted by molar-refractivity contribution is 0.471. The number of aromatic nitrogens is 2. The number of halogens is 2. The van der Waals surface area contributed by atoms with Gasteiger partial charge in [0.1, 0.15) is 17.5 Å². The molecule has 5 heteroatoms. The van der Waals surface area contributed by atoms with Crippen molar-refractivity contribution in [1.82, 2.24) is 9.78 Å². The number of aliphatic imine (C=N–C) groups is 1. The standard InChI is InChI=1S/C13H15ClFN3/c1-2-10(15)12(16-8-14)9-6-17-18-7-13(3-4-13)5-11(9)18/h2,6H,3-5,7-8H2,1H3/b10-2+,16-12?. The molecule has 0 bridgehead atoms. The lowest BCUT2D eigenvalue weighted by Crippen LogP contribution is -2.06. The van der Waals surface area contributed by atoms with Crippen molar-refractivity contribution in [1.29, 1.82) is 0 Å². The summed E-state index contributed by atoms with van der Waals surface area (Å²) in [6.07, 6.45) is 6.62. The SMILES string of the molecule is C/C=C(/F)C(=NCCl)c1cnn2c1CC1(CC1)C2. The average molecular weight is 268 g/mol. The summed E-state index contributed by atoms with van der Waals surface area (Å²) in [5, 5.41) is 4.35. The molecular weight excluding hydrogens is 253 g/mol. The molecule has 1 aliphatic heterocycles. The summed E-state index contributed by atoms with van der Waals surface area (Å²) in [4.78, 5) is 4.07. The summed E-state index contributed by atoms with van der Waals surface area (Å²) < 4.78 is 15.9. The van der Waals surface area contributed by atoms with Crippen LogP contribution in [0, 0.1) is 5.41 Å². The molecule has 2 heterocycles. The van der Waals surface area contributed by atoms with E-state index in [0.29, 0.717) is 11.1 Å². The number of hydrogen-bond acceptors (Lipinski definition) is 2. The van der Waals surface area contributed by atoms with E-state index in [2.05, 4.69) is 10.1 Å². The third kappa shape index (κ3) is 1.79. The molecule has 0 N–H and O–H groups in total. The van der Waals surface area contributed by atoms with Crippen LogP contribution in [0.5, 0.6) is 0 Å². The molecule has 3 rings (SSSR count). The minimum atomic E-state index is -0.330. The second-order valence-corrected chi connectivity index (χ2v) is 5.34. The lowest BCUT2D eigenvalue weighted by Gasteiger charge is -2.04. The predicted molar refractivity (Wildman–Crippen MR) is 69.7 cm³/mol. The van der Waals surface area contributed by atoms with Crippen LogP contribution in [0.3, 0.4) is 0 Å². The van der Waals surface area contributed by atoms with Crippen molar-refractivity contribution in [2.24, 2.45) is 10.4 Å². The Hall–Kier alpha value is -1.16. The van der Waals surface area contributed by atoms with Gasteiger partial charge in [0, 0.05) is 17.8 Å². The van der Waals surface area contributed by atoms with Crippen LogP contribution in [0.25, 0.3) is 0 Å². The van der Waals surface area contributed by atoms with Gasteiger partial charge in [-0.05, 0) is 37.7 Å². The first-order valence-corrected chi connectivity index (χ1v) is 6.70. The summed E-state index contributed by atoms with van der Waals surface area (Å²) in [5.41, 5.74) is 2.66. The molecule has 1 saturated carbocycles. The van der Waals surface area contributed by atoms with Crippen molar-refractivity contribution < 1.29 is 4.39 Å². The van der Waals surface area contributed by atoms with Gasteiger partial charge in [0.25, 0.3) is 0 Å². The molecule has 1 spiro atoms. The van der Waals surface area contributed by atoms with Gasteiger partial charge >= 0.3 is 0 Å². The number of allylic oxidation sites excluding steroid dienone is 2. The summed E-state index contributed by atoms with van der Waals surface area (Å²) in [6, 6.07) is 0.0619. The summed E-state index contributed by atoms with van der Waals surface area (Å²) in [7, 11) is 0. The minimum absolute atomic E-state index is 0.0619. The van der Waals surface area contributed by atoms with Crippen molar-refractivity contribution in [3.8, 4) is 0 Å². The Morgan fingerprint density at radius 2 is 2.44 bits per heavy atom. The van der Waals surface area contributed by atoms with E-state index >= 15 is 0 Å². The number of alkyl halides is 1. The van der Waals surface area contributed by atoms with Crippen molar-refractivity contribution in [3.05, 3.63) is 29.4 Å². The monoisotopic (exact) mass is 267 g/mol. The largest absolute Gasteiger partial charge is 0.268 e. The lowest BCUT2D eigenvalue weighted by atomic mass is 10.0. The molecule has 0 saturated heterocycles. The van der Waals surface area contributed by atoms with Crippen LogP contribution in [0.4, 0.5) is 4.39 Å². The smallest absolute Gasteiger partial charge is 0.144 e. The zero-order valence-electron chi connectivity index (χ0n) is 10.3. The highest BCUT2D eigenvalue weighted by Gasteiger charge is 2.49. The van der Waals surface area contributed by atoms with Crippen LogP contribution < -0.4 is 0 Å². The Morgan fingerprint density at radius 1 is 1.67 bits per heavy atom. The highest BCUT2D eigenvalue weighted by Crippen LogP contribution is 2.53. The highest BCUT2D eigenvalue weighted by molar-refractivity contribution is 6.20. The van der Waals surface area contributed by atoms with E-state index in [1.807, 2.05) is 4.68 Å². The fraction of sp³-hybridized carbons (Fsp3) is 0.538. The molecule has 0 unspecified atom stereocenters. The fourth-order valence-electron chi connectivity index (χ4n) is 2.66. The topological polar surface area (TPSA) is 30.2 Å². The van der Waals surface area contributed by atoms with Crippen molar-refractivity contribution >= 4 is 17.3 Å². The molecule has 0 amide bonds. The molecule has 2 aliphatic rings. The molecule has 1 aromatic rings. The molecular formula is C13H15ClFN3. The zero-order valence-corrected chi connectivity index (χ0v) is 11.0. The molecule has 1 aromatic heterocycles. The molecule has 0 radical (unpaired) electrons. The highest BCUT2D eigenvalue weighted by atomic mass is 35.5. The Morgan fingerprint density at radius 3 is 3.06 bits per heavy atom. The van der Waals surface area contributed by atoms with Crippen LogP contribution in [-0.4, -0.2) is 21.5 Å². The van der Waals surface area contributed by atoms with Crippen molar-refractivity contribution in [2.75, 3.05) is 6.00 Å². The van der Waals surface area contributed by atoms with Crippen LogP contribution in [0.1, 0.15) is 31.0 Å². The Bertz CT molecular complexity index is 540. The maximum Gasteiger partial charge on any atom is 0.144 e. The summed E-state index contributed by atoms with van der Waals surface area (Å²) in [6.45, 7) is 2.62. The maximum absolute atomic E-state index is 13.9. The van der Waals surface area contributed by atoms with Gasteiger partial charge in [0.2, 0.25) is 0 Å². The van der Waals surface area contributed by atoms with E-state index in [9.17, 15) is 4.39 Å². The first kappa shape index (κ1) is 11.9. The Balaban J connectivity index is 2.00. The minimum Gasteiger partial charge on any atom is -0.268 e. The van der Waals surface area contributed by atoms with Gasteiger partial charge in [-0.2, -0.15) is 5.10 Å². The average Bonchev–Trinajstić information content (AvgIpc) is 2.86. The molecule has 0 aromatic carbocycles. The summed E-state index contributed by atoms with van der Waals surface area (Å²) >= 11 is 5.62. The van der Waals surface area contributed by atoms with Gasteiger partial charge in [-0.15, -0.1) is 11.6 Å². The van der Waals surface area contributed by atoms with E-state index in [1.54, 1.807) is 13.1 Å². The second kappa shape index (κ2) is 4.19. The van der Waals surface area contributed by atoms with E-state index < -0.39 is 0 Å². The third-order valence-electron chi connectivity index (χ3n) is 3.89. The van der Waals surface area contributed by atoms with E-state index in [4.69, 9.17) is 11.6 Å². The Kier molecular flexibility index (Phi) is 2.77. The fourth-order valence-corrected chi connectivity index (χ4v) is 2.78. The Labute approximate surface area is 110 Å². The number of nitrogens with zero attached hydrogens (tertiary/aromatic N) is 3. The van der Waals surface area contributed by atoms with Crippen LogP contribution in [-0.2, 0) is 13.0 Å². The van der Waals surface area contributed by atoms with Gasteiger partial charge in [-0.1, -0.05) is 0 Å². The van der Waals surface area contributed by atoms with Gasteiger partial charge in [-0.25, -0.2) is 4.39 Å². The molecule has 18 heavy (non-hydrogen) atoms. The van der Waals surface area contributed by atoms with Crippen LogP contribution in [0.2, 0.25) is 0 Å². The third-order valence-corrected chi connectivity index (χ3v) is 4.01. The van der Waals surface area contributed by atoms with Crippen LogP contribution in [0.15, 0.2) is 23.1 Å². The first-order chi connectivity index (χ1) is 8.69. The van der Waals surface area contributed by atoms with Gasteiger partial charge in [-0.3, -0.25) is 9.67 Å². The quantitative estimate of drug-likeness (QED) is 0.470.